The molecule has 1 aliphatic rings. The Morgan fingerprint density at radius 3 is 2.43 bits per heavy atom. The Labute approximate surface area is 177 Å². The lowest BCUT2D eigenvalue weighted by Crippen LogP contribution is -2.38. The highest BCUT2D eigenvalue weighted by Gasteiger charge is 2.23. The fourth-order valence-electron chi connectivity index (χ4n) is 3.46. The third kappa shape index (κ3) is 5.20. The van der Waals surface area contributed by atoms with Crippen LogP contribution in [-0.2, 0) is 4.79 Å². The molecule has 0 bridgehead atoms. The number of nitrogens with zero attached hydrogens (tertiary/aromatic N) is 1. The molecule has 30 heavy (non-hydrogen) atoms. The summed E-state index contributed by atoms with van der Waals surface area (Å²) in [5.41, 5.74) is 1.83. The number of piperidine rings is 1. The maximum absolute atomic E-state index is 12.9. The summed E-state index contributed by atoms with van der Waals surface area (Å²) in [6.45, 7) is 3.71. The number of amides is 2. The van der Waals surface area contributed by atoms with E-state index in [0.717, 1.165) is 31.5 Å². The van der Waals surface area contributed by atoms with Gasteiger partial charge in [0.2, 0.25) is 5.91 Å². The first-order valence-electron chi connectivity index (χ1n) is 10.1. The minimum atomic E-state index is -0.308. The number of carbonyl (C=O) groups excluding carboxylic acids is 2. The Kier molecular flexibility index (Phi) is 7.12. The predicted molar refractivity (Wildman–Crippen MR) is 118 cm³/mol. The molecule has 1 saturated heterocycles. The van der Waals surface area contributed by atoms with Crippen molar-refractivity contribution in [3.05, 3.63) is 59.7 Å². The summed E-state index contributed by atoms with van der Waals surface area (Å²) in [5.74, 6) is 1.51. The summed E-state index contributed by atoms with van der Waals surface area (Å²) in [5, 5.41) is 2.83. The molecule has 1 fully saturated rings. The van der Waals surface area contributed by atoms with Gasteiger partial charge in [0.05, 0.1) is 25.5 Å². The first kappa shape index (κ1) is 21.4. The summed E-state index contributed by atoms with van der Waals surface area (Å²) >= 11 is 0. The zero-order valence-corrected chi connectivity index (χ0v) is 17.7. The molecule has 2 aromatic carbocycles. The van der Waals surface area contributed by atoms with E-state index in [1.807, 2.05) is 23.1 Å². The van der Waals surface area contributed by atoms with Gasteiger partial charge in [-0.05, 0) is 54.7 Å². The van der Waals surface area contributed by atoms with Gasteiger partial charge >= 0.3 is 0 Å². The second kappa shape index (κ2) is 9.96. The topological polar surface area (TPSA) is 67.9 Å². The molecule has 0 radical (unpaired) electrons. The molecule has 0 saturated carbocycles. The van der Waals surface area contributed by atoms with E-state index in [2.05, 4.69) is 12.2 Å². The van der Waals surface area contributed by atoms with Crippen LogP contribution >= 0.6 is 0 Å². The molecular formula is C24H28N2O4. The SMILES string of the molecule is COc1ccc(C=CC(=O)Nc2ccccc2C(=O)N2CCC(C)CC2)cc1OC. The molecule has 0 aliphatic carbocycles. The van der Waals surface area contributed by atoms with Crippen LogP contribution < -0.4 is 14.8 Å². The van der Waals surface area contributed by atoms with Gasteiger partial charge in [0.1, 0.15) is 0 Å². The molecule has 1 aliphatic heterocycles. The number of carbonyl (C=O) groups is 2. The van der Waals surface area contributed by atoms with Gasteiger partial charge in [-0.2, -0.15) is 0 Å². The normalized spacial score (nSPS) is 14.6. The monoisotopic (exact) mass is 408 g/mol. The highest BCUT2D eigenvalue weighted by Crippen LogP contribution is 2.28. The highest BCUT2D eigenvalue weighted by molar-refractivity contribution is 6.07. The summed E-state index contributed by atoms with van der Waals surface area (Å²) in [6, 6.07) is 12.5. The van der Waals surface area contributed by atoms with E-state index in [9.17, 15) is 9.59 Å². The first-order chi connectivity index (χ1) is 14.5. The predicted octanol–water partition coefficient (Wildman–Crippen LogP) is 4.23. The van der Waals surface area contributed by atoms with Crippen molar-refractivity contribution in [3.8, 4) is 11.5 Å². The molecule has 0 unspecified atom stereocenters. The Balaban J connectivity index is 1.70. The highest BCUT2D eigenvalue weighted by atomic mass is 16.5. The van der Waals surface area contributed by atoms with Crippen molar-refractivity contribution in [3.63, 3.8) is 0 Å². The molecule has 158 valence electrons. The van der Waals surface area contributed by atoms with Crippen LogP contribution in [0.3, 0.4) is 0 Å². The number of hydrogen-bond donors (Lipinski definition) is 1. The van der Waals surface area contributed by atoms with Gasteiger partial charge < -0.3 is 19.7 Å². The Morgan fingerprint density at radius 1 is 1.03 bits per heavy atom. The van der Waals surface area contributed by atoms with E-state index in [0.29, 0.717) is 28.7 Å². The molecule has 6 heteroatoms. The number of nitrogens with one attached hydrogen (secondary N) is 1. The van der Waals surface area contributed by atoms with Crippen molar-refractivity contribution in [2.75, 3.05) is 32.6 Å². The van der Waals surface area contributed by atoms with Crippen LogP contribution in [0.1, 0.15) is 35.7 Å². The van der Waals surface area contributed by atoms with Gasteiger partial charge in [-0.25, -0.2) is 0 Å². The largest absolute Gasteiger partial charge is 0.493 e. The molecule has 1 N–H and O–H groups in total. The Bertz CT molecular complexity index is 931. The molecule has 2 amide bonds. The maximum Gasteiger partial charge on any atom is 0.255 e. The molecule has 0 spiro atoms. The summed E-state index contributed by atoms with van der Waals surface area (Å²) in [4.78, 5) is 27.3. The zero-order chi connectivity index (χ0) is 21.5. The second-order valence-corrected chi connectivity index (χ2v) is 7.46. The number of para-hydroxylation sites is 1. The summed E-state index contributed by atoms with van der Waals surface area (Å²) in [7, 11) is 3.14. The van der Waals surface area contributed by atoms with Crippen LogP contribution in [0.15, 0.2) is 48.5 Å². The first-order valence-corrected chi connectivity index (χ1v) is 10.1. The average molecular weight is 408 g/mol. The zero-order valence-electron chi connectivity index (χ0n) is 17.7. The standard InChI is InChI=1S/C24H28N2O4/c1-17-12-14-26(15-13-17)24(28)19-6-4-5-7-20(19)25-23(27)11-9-18-8-10-21(29-2)22(16-18)30-3/h4-11,16-17H,12-15H2,1-3H3,(H,25,27). The van der Waals surface area contributed by atoms with Crippen LogP contribution in [0.25, 0.3) is 6.08 Å². The van der Waals surface area contributed by atoms with Gasteiger partial charge in [-0.1, -0.05) is 25.1 Å². The fraction of sp³-hybridized carbons (Fsp3) is 0.333. The van der Waals surface area contributed by atoms with Crippen molar-refractivity contribution in [2.45, 2.75) is 19.8 Å². The smallest absolute Gasteiger partial charge is 0.255 e. The van der Waals surface area contributed by atoms with Crippen molar-refractivity contribution in [1.82, 2.24) is 4.90 Å². The van der Waals surface area contributed by atoms with Gasteiger partial charge in [-0.15, -0.1) is 0 Å². The van der Waals surface area contributed by atoms with E-state index >= 15 is 0 Å². The lowest BCUT2D eigenvalue weighted by molar-refractivity contribution is -0.111. The van der Waals surface area contributed by atoms with Gasteiger partial charge in [-0.3, -0.25) is 9.59 Å². The van der Waals surface area contributed by atoms with Crippen LogP contribution in [0, 0.1) is 5.92 Å². The van der Waals surface area contributed by atoms with Gasteiger partial charge in [0.25, 0.3) is 5.91 Å². The molecule has 1 heterocycles. The quantitative estimate of drug-likeness (QED) is 0.727. The van der Waals surface area contributed by atoms with Crippen molar-refractivity contribution in [1.29, 1.82) is 0 Å². The molecule has 3 rings (SSSR count). The van der Waals surface area contributed by atoms with E-state index in [1.54, 1.807) is 44.6 Å². The van der Waals surface area contributed by atoms with Gasteiger partial charge in [0.15, 0.2) is 11.5 Å². The van der Waals surface area contributed by atoms with E-state index in [1.165, 1.54) is 6.08 Å². The van der Waals surface area contributed by atoms with Crippen molar-refractivity contribution in [2.24, 2.45) is 5.92 Å². The minimum Gasteiger partial charge on any atom is -0.493 e. The Hall–Kier alpha value is -3.28. The minimum absolute atomic E-state index is 0.0401. The number of ether oxygens (including phenoxy) is 2. The van der Waals surface area contributed by atoms with E-state index < -0.39 is 0 Å². The lowest BCUT2D eigenvalue weighted by atomic mass is 9.98. The number of rotatable bonds is 6. The number of benzene rings is 2. The van der Waals surface area contributed by atoms with Crippen molar-refractivity contribution < 1.29 is 19.1 Å². The number of hydrogen-bond acceptors (Lipinski definition) is 4. The van der Waals surface area contributed by atoms with E-state index in [-0.39, 0.29) is 11.8 Å². The third-order valence-corrected chi connectivity index (χ3v) is 5.32. The number of anilines is 1. The van der Waals surface area contributed by atoms with Crippen LogP contribution in [0.4, 0.5) is 5.69 Å². The molecule has 2 aromatic rings. The van der Waals surface area contributed by atoms with Crippen LogP contribution in [0.5, 0.6) is 11.5 Å². The summed E-state index contributed by atoms with van der Waals surface area (Å²) < 4.78 is 10.5. The number of methoxy groups -OCH3 is 2. The lowest BCUT2D eigenvalue weighted by Gasteiger charge is -2.30. The molecule has 0 atom stereocenters. The van der Waals surface area contributed by atoms with Crippen LogP contribution in [0.2, 0.25) is 0 Å². The van der Waals surface area contributed by atoms with Crippen LogP contribution in [-0.4, -0.2) is 44.0 Å². The average Bonchev–Trinajstić information content (AvgIpc) is 2.78. The molecular weight excluding hydrogens is 380 g/mol. The third-order valence-electron chi connectivity index (χ3n) is 5.32. The Morgan fingerprint density at radius 2 is 1.73 bits per heavy atom. The van der Waals surface area contributed by atoms with Gasteiger partial charge in [0, 0.05) is 19.2 Å². The second-order valence-electron chi connectivity index (χ2n) is 7.46. The fourth-order valence-corrected chi connectivity index (χ4v) is 3.46. The summed E-state index contributed by atoms with van der Waals surface area (Å²) in [6.07, 6.45) is 5.14. The maximum atomic E-state index is 12.9. The van der Waals surface area contributed by atoms with Crippen molar-refractivity contribution >= 4 is 23.6 Å². The molecule has 0 aromatic heterocycles. The number of likely N-dealkylation sites (tertiary alicyclic amines) is 1. The van der Waals surface area contributed by atoms with E-state index in [4.69, 9.17) is 9.47 Å². The molecule has 6 nitrogen and oxygen atoms in total.